The van der Waals surface area contributed by atoms with E-state index in [-0.39, 0.29) is 4.90 Å². The molecule has 0 aliphatic rings. The van der Waals surface area contributed by atoms with Crippen LogP contribution in [-0.2, 0) is 24.4 Å². The molecule has 2 aromatic carbocycles. The molecule has 0 radical (unpaired) electrons. The summed E-state index contributed by atoms with van der Waals surface area (Å²) in [7, 11) is -8.44. The first-order valence-electron chi connectivity index (χ1n) is 5.82. The number of hydrogen-bond donors (Lipinski definition) is 2. The molecule has 114 valence electrons. The second-order valence-electron chi connectivity index (χ2n) is 4.27. The zero-order valence-electron chi connectivity index (χ0n) is 10.8. The fraction of sp³-hybridized carbons (Fsp3) is 0.167. The van der Waals surface area contributed by atoms with Crippen LogP contribution in [0.25, 0.3) is 10.8 Å². The second-order valence-corrected chi connectivity index (χ2v) is 7.44. The van der Waals surface area contributed by atoms with Crippen molar-refractivity contribution < 1.29 is 25.6 Å². The van der Waals surface area contributed by atoms with Gasteiger partial charge in [0.05, 0.1) is 17.3 Å². The van der Waals surface area contributed by atoms with Crippen LogP contribution in [0.2, 0.25) is 0 Å². The van der Waals surface area contributed by atoms with Gasteiger partial charge in [0.1, 0.15) is 0 Å². The van der Waals surface area contributed by atoms with Gasteiger partial charge in [-0.25, -0.2) is 12.6 Å². The minimum Gasteiger partial charge on any atom is -0.398 e. The maximum atomic E-state index is 12.2. The van der Waals surface area contributed by atoms with Crippen molar-refractivity contribution in [2.45, 2.75) is 4.90 Å². The smallest absolute Gasteiger partial charge is 0.397 e. The van der Waals surface area contributed by atoms with E-state index in [0.29, 0.717) is 16.5 Å². The molecule has 0 saturated carbocycles. The summed E-state index contributed by atoms with van der Waals surface area (Å²) >= 11 is 0. The fourth-order valence-electron chi connectivity index (χ4n) is 1.94. The van der Waals surface area contributed by atoms with Gasteiger partial charge in [-0.15, -0.1) is 0 Å². The van der Waals surface area contributed by atoms with Crippen molar-refractivity contribution in [2.24, 2.45) is 0 Å². The Labute approximate surface area is 122 Å². The zero-order valence-corrected chi connectivity index (χ0v) is 12.4. The lowest BCUT2D eigenvalue weighted by molar-refractivity contribution is 0.284. The molecule has 0 unspecified atom stereocenters. The van der Waals surface area contributed by atoms with Crippen LogP contribution >= 0.6 is 0 Å². The third kappa shape index (κ3) is 3.70. The van der Waals surface area contributed by atoms with Gasteiger partial charge in [-0.05, 0) is 12.1 Å². The molecular formula is C12H13NO6S2. The van der Waals surface area contributed by atoms with E-state index in [9.17, 15) is 16.8 Å². The standard InChI is InChI=1S/C12H13NO6S2/c13-11-5-1-4-10-9(11)3-2-6-12(10)20(14,15)8-7-19-21(16,17)18/h1-6H,7-8,13H2,(H,16,17,18). The number of rotatable bonds is 5. The first-order valence-corrected chi connectivity index (χ1v) is 8.84. The quantitative estimate of drug-likeness (QED) is 0.619. The molecule has 0 aliphatic heterocycles. The Kier molecular flexibility index (Phi) is 4.19. The first-order chi connectivity index (χ1) is 9.71. The van der Waals surface area contributed by atoms with Crippen LogP contribution < -0.4 is 5.73 Å². The predicted octanol–water partition coefficient (Wildman–Crippen LogP) is 1.02. The van der Waals surface area contributed by atoms with Gasteiger partial charge in [0.15, 0.2) is 9.84 Å². The van der Waals surface area contributed by atoms with E-state index in [2.05, 4.69) is 4.18 Å². The summed E-state index contributed by atoms with van der Waals surface area (Å²) in [5.41, 5.74) is 6.24. The molecule has 0 spiro atoms. The van der Waals surface area contributed by atoms with Gasteiger partial charge in [0.25, 0.3) is 0 Å². The molecule has 3 N–H and O–H groups in total. The highest BCUT2D eigenvalue weighted by Gasteiger charge is 2.19. The van der Waals surface area contributed by atoms with Crippen molar-refractivity contribution in [3.63, 3.8) is 0 Å². The van der Waals surface area contributed by atoms with Gasteiger partial charge < -0.3 is 5.73 Å². The van der Waals surface area contributed by atoms with Crippen LogP contribution in [0.4, 0.5) is 5.69 Å². The highest BCUT2D eigenvalue weighted by molar-refractivity contribution is 7.91. The predicted molar refractivity (Wildman–Crippen MR) is 77.9 cm³/mol. The van der Waals surface area contributed by atoms with Crippen LogP contribution in [0.3, 0.4) is 0 Å². The molecule has 0 aliphatic carbocycles. The number of sulfone groups is 1. The van der Waals surface area contributed by atoms with E-state index >= 15 is 0 Å². The van der Waals surface area contributed by atoms with Gasteiger partial charge in [-0.1, -0.05) is 24.3 Å². The highest BCUT2D eigenvalue weighted by Crippen LogP contribution is 2.27. The average Bonchev–Trinajstić information content (AvgIpc) is 2.36. The number of nitrogens with two attached hydrogens (primary N) is 1. The van der Waals surface area contributed by atoms with Gasteiger partial charge >= 0.3 is 10.4 Å². The molecule has 21 heavy (non-hydrogen) atoms. The van der Waals surface area contributed by atoms with Crippen molar-refractivity contribution in [1.82, 2.24) is 0 Å². The minimum atomic E-state index is -4.66. The summed E-state index contributed by atoms with van der Waals surface area (Å²) in [5, 5.41) is 1.04. The lowest BCUT2D eigenvalue weighted by Crippen LogP contribution is -2.15. The molecule has 0 saturated heterocycles. The topological polar surface area (TPSA) is 124 Å². The van der Waals surface area contributed by atoms with Crippen LogP contribution in [-0.4, -0.2) is 33.7 Å². The summed E-state index contributed by atoms with van der Waals surface area (Å²) in [6, 6.07) is 9.55. The Morgan fingerprint density at radius 1 is 1.00 bits per heavy atom. The SMILES string of the molecule is Nc1cccc2c(S(=O)(=O)CCOS(=O)(=O)O)cccc12. The summed E-state index contributed by atoms with van der Waals surface area (Å²) in [5.74, 6) is -0.583. The summed E-state index contributed by atoms with van der Waals surface area (Å²) in [6.07, 6.45) is 0. The van der Waals surface area contributed by atoms with Crippen LogP contribution in [0, 0.1) is 0 Å². The molecule has 0 atom stereocenters. The molecule has 0 bridgehead atoms. The van der Waals surface area contributed by atoms with Crippen LogP contribution in [0.15, 0.2) is 41.3 Å². The van der Waals surface area contributed by atoms with Gasteiger partial charge in [0, 0.05) is 16.5 Å². The number of hydrogen-bond acceptors (Lipinski definition) is 6. The van der Waals surface area contributed by atoms with E-state index < -0.39 is 32.6 Å². The Morgan fingerprint density at radius 2 is 1.62 bits per heavy atom. The second kappa shape index (κ2) is 5.60. The number of anilines is 1. The van der Waals surface area contributed by atoms with E-state index in [4.69, 9.17) is 10.3 Å². The zero-order chi connectivity index (χ0) is 15.7. The van der Waals surface area contributed by atoms with Gasteiger partial charge in [0.2, 0.25) is 0 Å². The van der Waals surface area contributed by atoms with Crippen molar-refractivity contribution >= 4 is 36.7 Å². The summed E-state index contributed by atoms with van der Waals surface area (Å²) in [6.45, 7) is -0.667. The molecule has 9 heteroatoms. The Bertz CT molecular complexity index is 874. The maximum absolute atomic E-state index is 12.2. The van der Waals surface area contributed by atoms with Crippen LogP contribution in [0.1, 0.15) is 0 Å². The van der Waals surface area contributed by atoms with Crippen molar-refractivity contribution in [1.29, 1.82) is 0 Å². The fourth-order valence-corrected chi connectivity index (χ4v) is 3.66. The van der Waals surface area contributed by atoms with E-state index in [1.807, 2.05) is 0 Å². The third-order valence-corrected chi connectivity index (χ3v) is 5.03. The van der Waals surface area contributed by atoms with Crippen LogP contribution in [0.5, 0.6) is 0 Å². The minimum absolute atomic E-state index is 0.0336. The molecule has 7 nitrogen and oxygen atoms in total. The lowest BCUT2D eigenvalue weighted by Gasteiger charge is -2.09. The van der Waals surface area contributed by atoms with E-state index in [1.165, 1.54) is 6.07 Å². The molecular weight excluding hydrogens is 318 g/mol. The summed E-state index contributed by atoms with van der Waals surface area (Å²) in [4.78, 5) is 0.0336. The van der Waals surface area contributed by atoms with Gasteiger partial charge in [-0.3, -0.25) is 4.55 Å². The van der Waals surface area contributed by atoms with E-state index in [1.54, 1.807) is 30.3 Å². The Balaban J connectivity index is 2.39. The van der Waals surface area contributed by atoms with Crippen molar-refractivity contribution in [2.75, 3.05) is 18.1 Å². The largest absolute Gasteiger partial charge is 0.398 e. The molecule has 0 heterocycles. The molecule has 2 rings (SSSR count). The van der Waals surface area contributed by atoms with E-state index in [0.717, 1.165) is 0 Å². The number of nitrogen functional groups attached to an aromatic ring is 1. The van der Waals surface area contributed by atoms with Crippen molar-refractivity contribution in [3.8, 4) is 0 Å². The Morgan fingerprint density at radius 3 is 2.29 bits per heavy atom. The highest BCUT2D eigenvalue weighted by atomic mass is 32.3. The first kappa shape index (κ1) is 15.7. The maximum Gasteiger partial charge on any atom is 0.397 e. The molecule has 2 aromatic rings. The molecule has 0 amide bonds. The number of benzene rings is 2. The lowest BCUT2D eigenvalue weighted by atomic mass is 10.1. The van der Waals surface area contributed by atoms with Gasteiger partial charge in [-0.2, -0.15) is 8.42 Å². The van der Waals surface area contributed by atoms with Crippen molar-refractivity contribution in [3.05, 3.63) is 36.4 Å². The summed E-state index contributed by atoms with van der Waals surface area (Å²) < 4.78 is 57.8. The average molecular weight is 331 g/mol. The third-order valence-electron chi connectivity index (χ3n) is 2.84. The molecule has 0 aromatic heterocycles. The monoisotopic (exact) mass is 331 g/mol. The number of fused-ring (bicyclic) bond motifs is 1. The Hall–Kier alpha value is -1.68. The normalized spacial score (nSPS) is 12.6. The molecule has 0 fully saturated rings.